The lowest BCUT2D eigenvalue weighted by molar-refractivity contribution is -0.139. The first-order valence-electron chi connectivity index (χ1n) is 10.8. The van der Waals surface area contributed by atoms with Crippen molar-refractivity contribution in [2.24, 2.45) is 0 Å². The van der Waals surface area contributed by atoms with Crippen molar-refractivity contribution >= 4 is 32.7 Å². The Bertz CT molecular complexity index is 1270. The molecule has 0 bridgehead atoms. The van der Waals surface area contributed by atoms with E-state index < -0.39 is 28.1 Å². The van der Waals surface area contributed by atoms with Gasteiger partial charge < -0.3 is 25.1 Å². The molecule has 1 atom stereocenters. The lowest BCUT2D eigenvalue weighted by atomic mass is 10.1. The molecule has 1 aromatic heterocycles. The van der Waals surface area contributed by atoms with Gasteiger partial charge in [-0.15, -0.1) is 0 Å². The minimum atomic E-state index is -3.84. The monoisotopic (exact) mass is 486 g/mol. The number of nitrogens with zero attached hydrogens (tertiary/aromatic N) is 1. The fraction of sp³-hybridized carbons (Fsp3) is 0.304. The van der Waals surface area contributed by atoms with E-state index in [1.54, 1.807) is 12.1 Å². The van der Waals surface area contributed by atoms with Gasteiger partial charge in [-0.3, -0.25) is 9.59 Å². The highest BCUT2D eigenvalue weighted by molar-refractivity contribution is 7.89. The fourth-order valence-electron chi connectivity index (χ4n) is 3.81. The topological polar surface area (TPSA) is 130 Å². The summed E-state index contributed by atoms with van der Waals surface area (Å²) >= 11 is 0. The number of sulfonamides is 1. The average molecular weight is 487 g/mol. The Hall–Kier alpha value is -3.41. The molecule has 1 aliphatic rings. The molecule has 1 fully saturated rings. The van der Waals surface area contributed by atoms with E-state index in [4.69, 9.17) is 9.47 Å². The summed E-state index contributed by atoms with van der Waals surface area (Å²) in [6.07, 6.45) is 1.53. The van der Waals surface area contributed by atoms with Crippen molar-refractivity contribution in [2.75, 3.05) is 33.4 Å². The number of amides is 2. The average Bonchev–Trinajstić information content (AvgIpc) is 3.50. The zero-order valence-corrected chi connectivity index (χ0v) is 19.4. The number of carbonyl (C=O) groups excluding carboxylic acids is 2. The van der Waals surface area contributed by atoms with Gasteiger partial charge in [0.05, 0.1) is 25.2 Å². The number of para-hydroxylation sites is 1. The van der Waals surface area contributed by atoms with Gasteiger partial charge in [0.2, 0.25) is 10.0 Å². The molecule has 2 amide bonds. The van der Waals surface area contributed by atoms with Crippen LogP contribution in [0.1, 0.15) is 5.56 Å². The third-order valence-corrected chi connectivity index (χ3v) is 7.51. The second-order valence-corrected chi connectivity index (χ2v) is 9.58. The molecular formula is C23H26N4O6S. The summed E-state index contributed by atoms with van der Waals surface area (Å²) in [4.78, 5) is 27.7. The van der Waals surface area contributed by atoms with Crippen molar-refractivity contribution in [1.29, 1.82) is 0 Å². The number of H-pyrrole nitrogens is 1. The maximum Gasteiger partial charge on any atom is 0.309 e. The zero-order chi connectivity index (χ0) is 24.1. The van der Waals surface area contributed by atoms with Gasteiger partial charge in [-0.2, -0.15) is 4.31 Å². The first kappa shape index (κ1) is 23.7. The molecule has 1 aliphatic heterocycles. The number of aromatic amines is 1. The molecule has 34 heavy (non-hydrogen) atoms. The van der Waals surface area contributed by atoms with Crippen molar-refractivity contribution in [3.63, 3.8) is 0 Å². The van der Waals surface area contributed by atoms with E-state index in [0.717, 1.165) is 16.5 Å². The molecule has 180 valence electrons. The van der Waals surface area contributed by atoms with Gasteiger partial charge in [-0.1, -0.05) is 18.2 Å². The molecule has 2 heterocycles. The quantitative estimate of drug-likeness (QED) is 0.408. The minimum Gasteiger partial charge on any atom is -0.497 e. The first-order valence-corrected chi connectivity index (χ1v) is 12.2. The van der Waals surface area contributed by atoms with Crippen LogP contribution in [0.4, 0.5) is 0 Å². The van der Waals surface area contributed by atoms with Crippen molar-refractivity contribution in [3.05, 3.63) is 60.3 Å². The summed E-state index contributed by atoms with van der Waals surface area (Å²) in [7, 11) is -2.35. The number of benzene rings is 2. The standard InChI is InChI=1S/C23H26N4O6S/c1-32-17-6-8-18(9-7-17)34(30,31)27-12-13-33-21(27)15-26-23(29)22(28)24-11-10-16-14-25-20-5-3-2-4-19(16)20/h2-9,14,21,25H,10-13,15H2,1H3,(H,24,28)(H,26,29). The van der Waals surface area contributed by atoms with Crippen LogP contribution in [0, 0.1) is 0 Å². The molecule has 0 aliphatic carbocycles. The molecule has 0 spiro atoms. The molecule has 11 heteroatoms. The number of carbonyl (C=O) groups is 2. The van der Waals surface area contributed by atoms with E-state index >= 15 is 0 Å². The Kier molecular flexibility index (Phi) is 7.15. The van der Waals surface area contributed by atoms with Crippen LogP contribution in [-0.4, -0.2) is 69.1 Å². The fourth-order valence-corrected chi connectivity index (χ4v) is 5.33. The first-order chi connectivity index (χ1) is 16.4. The number of hydrogen-bond acceptors (Lipinski definition) is 6. The van der Waals surface area contributed by atoms with Crippen LogP contribution in [0.15, 0.2) is 59.6 Å². The van der Waals surface area contributed by atoms with Crippen LogP contribution in [0.2, 0.25) is 0 Å². The maximum atomic E-state index is 13.0. The summed E-state index contributed by atoms with van der Waals surface area (Å²) < 4.78 is 37.7. The van der Waals surface area contributed by atoms with Crippen molar-refractivity contribution in [3.8, 4) is 5.75 Å². The lowest BCUT2D eigenvalue weighted by Gasteiger charge is -2.23. The molecule has 10 nitrogen and oxygen atoms in total. The second kappa shape index (κ2) is 10.2. The van der Waals surface area contributed by atoms with Gasteiger partial charge in [-0.25, -0.2) is 8.42 Å². The van der Waals surface area contributed by atoms with Gasteiger partial charge in [-0.05, 0) is 42.3 Å². The van der Waals surface area contributed by atoms with Crippen LogP contribution in [0.3, 0.4) is 0 Å². The second-order valence-electron chi connectivity index (χ2n) is 7.69. The molecule has 1 unspecified atom stereocenters. The summed E-state index contributed by atoms with van der Waals surface area (Å²) in [6.45, 7) is 0.467. The summed E-state index contributed by atoms with van der Waals surface area (Å²) in [5.41, 5.74) is 2.04. The molecule has 1 saturated heterocycles. The van der Waals surface area contributed by atoms with E-state index in [1.165, 1.54) is 23.5 Å². The molecule has 4 rings (SSSR count). The Balaban J connectivity index is 1.28. The van der Waals surface area contributed by atoms with E-state index in [2.05, 4.69) is 15.6 Å². The van der Waals surface area contributed by atoms with Gasteiger partial charge in [0, 0.05) is 30.2 Å². The molecule has 0 radical (unpaired) electrons. The number of nitrogens with one attached hydrogen (secondary N) is 3. The maximum absolute atomic E-state index is 13.0. The third-order valence-electron chi connectivity index (χ3n) is 5.61. The van der Waals surface area contributed by atoms with E-state index in [9.17, 15) is 18.0 Å². The molecule has 3 N–H and O–H groups in total. The highest BCUT2D eigenvalue weighted by Gasteiger charge is 2.36. The molecule has 3 aromatic rings. The minimum absolute atomic E-state index is 0.0881. The van der Waals surface area contributed by atoms with Crippen molar-refractivity contribution in [2.45, 2.75) is 17.5 Å². The number of methoxy groups -OCH3 is 1. The molecule has 2 aromatic carbocycles. The van der Waals surface area contributed by atoms with Crippen LogP contribution in [0.25, 0.3) is 10.9 Å². The largest absolute Gasteiger partial charge is 0.497 e. The van der Waals surface area contributed by atoms with Crippen LogP contribution < -0.4 is 15.4 Å². The number of rotatable bonds is 8. The van der Waals surface area contributed by atoms with Crippen molar-refractivity contribution in [1.82, 2.24) is 19.9 Å². The van der Waals surface area contributed by atoms with E-state index in [-0.39, 0.29) is 31.1 Å². The van der Waals surface area contributed by atoms with Crippen molar-refractivity contribution < 1.29 is 27.5 Å². The molecular weight excluding hydrogens is 460 g/mol. The highest BCUT2D eigenvalue weighted by Crippen LogP contribution is 2.24. The number of aromatic nitrogens is 1. The predicted molar refractivity (Wildman–Crippen MR) is 125 cm³/mol. The SMILES string of the molecule is COc1ccc(S(=O)(=O)N2CCOC2CNC(=O)C(=O)NCCc2c[nH]c3ccccc23)cc1. The lowest BCUT2D eigenvalue weighted by Crippen LogP contribution is -2.47. The van der Waals surface area contributed by atoms with Gasteiger partial charge in [0.15, 0.2) is 0 Å². The zero-order valence-electron chi connectivity index (χ0n) is 18.6. The Morgan fingerprint density at radius 2 is 1.85 bits per heavy atom. The van der Waals surface area contributed by atoms with Crippen LogP contribution in [0.5, 0.6) is 5.75 Å². The summed E-state index contributed by atoms with van der Waals surface area (Å²) in [5.74, 6) is -1.10. The van der Waals surface area contributed by atoms with E-state index in [1.807, 2.05) is 30.5 Å². The number of hydrogen-bond donors (Lipinski definition) is 3. The summed E-state index contributed by atoms with van der Waals surface area (Å²) in [6, 6.07) is 13.8. The molecule has 0 saturated carbocycles. The van der Waals surface area contributed by atoms with Gasteiger partial charge >= 0.3 is 11.8 Å². The highest BCUT2D eigenvalue weighted by atomic mass is 32.2. The Morgan fingerprint density at radius 3 is 2.62 bits per heavy atom. The van der Waals surface area contributed by atoms with Gasteiger partial charge in [0.1, 0.15) is 12.0 Å². The summed E-state index contributed by atoms with van der Waals surface area (Å²) in [5, 5.41) is 6.12. The Morgan fingerprint density at radius 1 is 1.12 bits per heavy atom. The van der Waals surface area contributed by atoms with Crippen LogP contribution >= 0.6 is 0 Å². The van der Waals surface area contributed by atoms with Gasteiger partial charge in [0.25, 0.3) is 0 Å². The Labute approximate surface area is 197 Å². The number of ether oxygens (including phenoxy) is 2. The van der Waals surface area contributed by atoms with E-state index in [0.29, 0.717) is 12.2 Å². The number of fused-ring (bicyclic) bond motifs is 1. The predicted octanol–water partition coefficient (Wildman–Crippen LogP) is 0.999. The van der Waals surface area contributed by atoms with Crippen LogP contribution in [-0.2, 0) is 30.8 Å². The normalized spacial score (nSPS) is 16.4. The smallest absolute Gasteiger partial charge is 0.309 e. The third kappa shape index (κ3) is 5.06.